The Balaban J connectivity index is 1.50. The van der Waals surface area contributed by atoms with E-state index in [1.54, 1.807) is 6.26 Å². The molecule has 0 radical (unpaired) electrons. The van der Waals surface area contributed by atoms with Crippen molar-refractivity contribution in [3.8, 4) is 0 Å². The van der Waals surface area contributed by atoms with E-state index in [0.717, 1.165) is 48.4 Å². The molecule has 0 fully saturated rings. The molecule has 3 rings (SSSR count). The quantitative estimate of drug-likeness (QED) is 0.246. The summed E-state index contributed by atoms with van der Waals surface area (Å²) in [7, 11) is 0. The van der Waals surface area contributed by atoms with E-state index >= 15 is 0 Å². The molecule has 6 nitrogen and oxygen atoms in total. The highest BCUT2D eigenvalue weighted by molar-refractivity contribution is 7.99. The van der Waals surface area contributed by atoms with Gasteiger partial charge in [-0.25, -0.2) is 9.98 Å². The number of thioether (sulfide) groups is 1. The first-order valence-electron chi connectivity index (χ1n) is 9.36. The number of rotatable bonds is 9. The average Bonchev–Trinajstić information content (AvgIpc) is 3.33. The van der Waals surface area contributed by atoms with Crippen LogP contribution in [0.1, 0.15) is 23.1 Å². The Bertz CT molecular complexity index is 840. The van der Waals surface area contributed by atoms with Crippen LogP contribution in [0.15, 0.2) is 67.4 Å². The molecular weight excluding hydrogens is 372 g/mol. The van der Waals surface area contributed by atoms with E-state index < -0.39 is 0 Å². The van der Waals surface area contributed by atoms with Crippen molar-refractivity contribution in [3.05, 3.63) is 71.8 Å². The third-order valence-electron chi connectivity index (χ3n) is 4.10. The van der Waals surface area contributed by atoms with Crippen LogP contribution in [0.25, 0.3) is 0 Å². The van der Waals surface area contributed by atoms with Crippen LogP contribution in [0, 0.1) is 13.8 Å². The molecule has 0 spiro atoms. The van der Waals surface area contributed by atoms with Crippen LogP contribution < -0.4 is 10.6 Å². The number of nitrogens with zero attached hydrogens (tertiary/aromatic N) is 2. The molecule has 0 unspecified atom stereocenters. The summed E-state index contributed by atoms with van der Waals surface area (Å²) in [6.07, 6.45) is 2.49. The van der Waals surface area contributed by atoms with E-state index in [1.807, 2.05) is 43.8 Å². The first kappa shape index (κ1) is 20.1. The number of hydrogen-bond donors (Lipinski definition) is 2. The smallest absolute Gasteiger partial charge is 0.216 e. The molecule has 0 aliphatic rings. The molecule has 0 atom stereocenters. The minimum absolute atomic E-state index is 0.399. The van der Waals surface area contributed by atoms with Gasteiger partial charge in [-0.15, -0.1) is 11.8 Å². The van der Waals surface area contributed by atoms with Crippen molar-refractivity contribution >= 4 is 17.7 Å². The van der Waals surface area contributed by atoms with Gasteiger partial charge < -0.3 is 19.5 Å². The Labute approximate surface area is 169 Å². The topological polar surface area (TPSA) is 75.6 Å². The van der Waals surface area contributed by atoms with Gasteiger partial charge in [-0.2, -0.15) is 0 Å². The summed E-state index contributed by atoms with van der Waals surface area (Å²) < 4.78 is 11.0. The van der Waals surface area contributed by atoms with Crippen LogP contribution in [-0.4, -0.2) is 29.8 Å². The van der Waals surface area contributed by atoms with Crippen LogP contribution in [-0.2, 0) is 13.0 Å². The molecule has 148 valence electrons. The molecule has 2 aromatic heterocycles. The summed E-state index contributed by atoms with van der Waals surface area (Å²) in [4.78, 5) is 10.3. The van der Waals surface area contributed by atoms with Crippen molar-refractivity contribution in [2.45, 2.75) is 31.7 Å². The lowest BCUT2D eigenvalue weighted by atomic mass is 10.3. The fraction of sp³-hybridized carbons (Fsp3) is 0.333. The summed E-state index contributed by atoms with van der Waals surface area (Å²) in [6, 6.07) is 14.3. The Morgan fingerprint density at radius 2 is 1.89 bits per heavy atom. The van der Waals surface area contributed by atoms with Crippen LogP contribution in [0.2, 0.25) is 0 Å². The molecule has 2 heterocycles. The van der Waals surface area contributed by atoms with E-state index in [1.165, 1.54) is 4.90 Å². The zero-order valence-electron chi connectivity index (χ0n) is 16.3. The fourth-order valence-electron chi connectivity index (χ4n) is 2.54. The van der Waals surface area contributed by atoms with E-state index in [4.69, 9.17) is 8.83 Å². The largest absolute Gasteiger partial charge is 0.469 e. The minimum atomic E-state index is 0.399. The van der Waals surface area contributed by atoms with Gasteiger partial charge in [-0.1, -0.05) is 18.2 Å². The van der Waals surface area contributed by atoms with E-state index in [2.05, 4.69) is 44.9 Å². The van der Waals surface area contributed by atoms with Crippen molar-refractivity contribution in [2.75, 3.05) is 18.8 Å². The number of aliphatic imine (C=N–C) groups is 1. The zero-order valence-corrected chi connectivity index (χ0v) is 17.1. The van der Waals surface area contributed by atoms with Gasteiger partial charge in [0.05, 0.1) is 12.0 Å². The maximum atomic E-state index is 5.62. The monoisotopic (exact) mass is 398 g/mol. The minimum Gasteiger partial charge on any atom is -0.469 e. The van der Waals surface area contributed by atoms with E-state index in [0.29, 0.717) is 12.4 Å². The molecular formula is C21H26N4O2S. The molecule has 28 heavy (non-hydrogen) atoms. The summed E-state index contributed by atoms with van der Waals surface area (Å²) in [6.45, 7) is 5.78. The van der Waals surface area contributed by atoms with Crippen molar-refractivity contribution in [1.82, 2.24) is 15.6 Å². The number of guanidine groups is 1. The highest BCUT2D eigenvalue weighted by Gasteiger charge is 2.06. The van der Waals surface area contributed by atoms with Crippen molar-refractivity contribution in [3.63, 3.8) is 0 Å². The van der Waals surface area contributed by atoms with Gasteiger partial charge in [0.15, 0.2) is 5.96 Å². The first-order chi connectivity index (χ1) is 13.7. The SMILES string of the molecule is Cc1nc(CN=C(NCCSc2ccccc2)NCCc2ccco2)oc1C. The lowest BCUT2D eigenvalue weighted by molar-refractivity contribution is 0.472. The molecule has 0 aliphatic carbocycles. The molecule has 0 aliphatic heterocycles. The first-order valence-corrected chi connectivity index (χ1v) is 10.3. The predicted octanol–water partition coefficient (Wildman–Crippen LogP) is 3.95. The number of oxazole rings is 1. The zero-order chi connectivity index (χ0) is 19.6. The molecule has 7 heteroatoms. The third-order valence-corrected chi connectivity index (χ3v) is 5.11. The van der Waals surface area contributed by atoms with Gasteiger partial charge in [0.2, 0.25) is 5.89 Å². The Morgan fingerprint density at radius 1 is 1.07 bits per heavy atom. The molecule has 2 N–H and O–H groups in total. The number of aryl methyl sites for hydroxylation is 2. The average molecular weight is 399 g/mol. The highest BCUT2D eigenvalue weighted by Crippen LogP contribution is 2.15. The summed E-state index contributed by atoms with van der Waals surface area (Å²) in [5.41, 5.74) is 0.907. The lowest BCUT2D eigenvalue weighted by Gasteiger charge is -2.12. The Kier molecular flexibility index (Phi) is 7.61. The van der Waals surface area contributed by atoms with Crippen LogP contribution in [0.4, 0.5) is 0 Å². The van der Waals surface area contributed by atoms with Gasteiger partial charge in [0, 0.05) is 30.2 Å². The molecule has 0 amide bonds. The molecule has 0 bridgehead atoms. The van der Waals surface area contributed by atoms with Crippen LogP contribution in [0.3, 0.4) is 0 Å². The van der Waals surface area contributed by atoms with Gasteiger partial charge in [-0.05, 0) is 38.1 Å². The van der Waals surface area contributed by atoms with Gasteiger partial charge >= 0.3 is 0 Å². The second-order valence-electron chi connectivity index (χ2n) is 6.26. The molecule has 0 saturated carbocycles. The molecule has 1 aromatic carbocycles. The van der Waals surface area contributed by atoms with E-state index in [-0.39, 0.29) is 0 Å². The number of benzene rings is 1. The predicted molar refractivity (Wildman–Crippen MR) is 113 cm³/mol. The Morgan fingerprint density at radius 3 is 2.61 bits per heavy atom. The maximum absolute atomic E-state index is 5.62. The Hall–Kier alpha value is -2.67. The normalized spacial score (nSPS) is 11.6. The van der Waals surface area contributed by atoms with Crippen molar-refractivity contribution < 1.29 is 8.83 Å². The summed E-state index contributed by atoms with van der Waals surface area (Å²) in [5.74, 6) is 4.10. The molecule has 0 saturated heterocycles. The summed E-state index contributed by atoms with van der Waals surface area (Å²) in [5, 5.41) is 6.73. The van der Waals surface area contributed by atoms with Crippen molar-refractivity contribution in [1.29, 1.82) is 0 Å². The number of hydrogen-bond acceptors (Lipinski definition) is 5. The van der Waals surface area contributed by atoms with Gasteiger partial charge in [-0.3, -0.25) is 0 Å². The number of aromatic nitrogens is 1. The maximum Gasteiger partial charge on any atom is 0.216 e. The second kappa shape index (κ2) is 10.6. The standard InChI is InChI=1S/C21H26N4O2S/c1-16-17(2)27-20(25-16)15-24-21(22-11-10-18-7-6-13-26-18)23-12-14-28-19-8-4-3-5-9-19/h3-9,13H,10-12,14-15H2,1-2H3,(H2,22,23,24). The number of nitrogens with one attached hydrogen (secondary N) is 2. The van der Waals surface area contributed by atoms with E-state index in [9.17, 15) is 0 Å². The highest BCUT2D eigenvalue weighted by atomic mass is 32.2. The fourth-order valence-corrected chi connectivity index (χ4v) is 3.33. The van der Waals surface area contributed by atoms with Crippen molar-refractivity contribution in [2.24, 2.45) is 4.99 Å². The summed E-state index contributed by atoms with van der Waals surface area (Å²) >= 11 is 1.81. The van der Waals surface area contributed by atoms with Gasteiger partial charge in [0.25, 0.3) is 0 Å². The second-order valence-corrected chi connectivity index (χ2v) is 7.43. The molecule has 3 aromatic rings. The third kappa shape index (κ3) is 6.49. The lowest BCUT2D eigenvalue weighted by Crippen LogP contribution is -2.39. The number of furan rings is 1. The van der Waals surface area contributed by atoms with Gasteiger partial charge in [0.1, 0.15) is 18.1 Å². The van der Waals surface area contributed by atoms with Crippen LogP contribution in [0.5, 0.6) is 0 Å². The van der Waals surface area contributed by atoms with Crippen LogP contribution >= 0.6 is 11.8 Å².